The van der Waals surface area contributed by atoms with Crippen LogP contribution in [-0.2, 0) is 13.5 Å². The van der Waals surface area contributed by atoms with Crippen molar-refractivity contribution in [2.75, 3.05) is 11.1 Å². The Balaban J connectivity index is 1.27. The summed E-state index contributed by atoms with van der Waals surface area (Å²) in [5.41, 5.74) is 8.35. The highest BCUT2D eigenvalue weighted by Crippen LogP contribution is 2.33. The molecule has 0 aliphatic heterocycles. The van der Waals surface area contributed by atoms with Crippen molar-refractivity contribution in [3.63, 3.8) is 0 Å². The number of rotatable bonds is 7. The Morgan fingerprint density at radius 1 is 1.25 bits per heavy atom. The average Bonchev–Trinajstić information content (AvgIpc) is 3.42. The van der Waals surface area contributed by atoms with Gasteiger partial charge in [0.05, 0.1) is 27.7 Å². The summed E-state index contributed by atoms with van der Waals surface area (Å²) in [4.78, 5) is 25.6. The second-order valence-electron chi connectivity index (χ2n) is 9.14. The van der Waals surface area contributed by atoms with E-state index in [1.807, 2.05) is 24.3 Å². The molecule has 0 bridgehead atoms. The molecule has 1 fully saturated rings. The summed E-state index contributed by atoms with van der Waals surface area (Å²) in [5, 5.41) is 29.8. The minimum Gasteiger partial charge on any atom is -0.390 e. The van der Waals surface area contributed by atoms with Gasteiger partial charge in [-0.25, -0.2) is 15.0 Å². The summed E-state index contributed by atoms with van der Waals surface area (Å²) >= 11 is 3.40. The molecule has 1 aromatic carbocycles. The third-order valence-corrected chi connectivity index (χ3v) is 7.33. The van der Waals surface area contributed by atoms with Gasteiger partial charge < -0.3 is 21.3 Å². The van der Waals surface area contributed by atoms with Crippen molar-refractivity contribution < 1.29 is 15.0 Å². The monoisotopic (exact) mass is 551 g/mol. The Kier molecular flexibility index (Phi) is 6.69. The first-order chi connectivity index (χ1) is 17.3. The zero-order valence-electron chi connectivity index (χ0n) is 19.5. The number of pyridine rings is 1. The standard InChI is InChI=1S/C25H26BrN7O3/c1-33-7-6-18(32-33)22(35)16-11-28-12-29-25(16)31-20-10-15(21(34)23(20)36)5-3-13-2-4-14-9-17(26)24(27)30-19(14)8-13/h2,4,6-9,11-12,15,20-21,23,34,36H,3,5,10H2,1H3,(H2,27,30)(H,28,29,31)/t15-,20+,21+,23-/m0/s1. The number of nitrogen functional groups attached to an aromatic ring is 1. The molecule has 4 aromatic rings. The third kappa shape index (κ3) is 4.81. The van der Waals surface area contributed by atoms with Crippen molar-refractivity contribution in [2.45, 2.75) is 37.5 Å². The number of aliphatic hydroxyl groups is 2. The lowest BCUT2D eigenvalue weighted by atomic mass is 9.95. The Morgan fingerprint density at radius 3 is 2.86 bits per heavy atom. The molecule has 1 aliphatic carbocycles. The van der Waals surface area contributed by atoms with Crippen LogP contribution in [-0.4, -0.2) is 59.0 Å². The molecule has 186 valence electrons. The highest BCUT2D eigenvalue weighted by Gasteiger charge is 2.41. The van der Waals surface area contributed by atoms with Crippen LogP contribution in [0.3, 0.4) is 0 Å². The van der Waals surface area contributed by atoms with Crippen LogP contribution in [0.1, 0.15) is 34.5 Å². The van der Waals surface area contributed by atoms with E-state index in [9.17, 15) is 15.0 Å². The van der Waals surface area contributed by atoms with Gasteiger partial charge in [-0.2, -0.15) is 5.10 Å². The number of nitrogens with two attached hydrogens (primary N) is 1. The predicted molar refractivity (Wildman–Crippen MR) is 138 cm³/mol. The minimum atomic E-state index is -1.00. The lowest BCUT2D eigenvalue weighted by Crippen LogP contribution is -2.35. The SMILES string of the molecule is Cn1ccc(C(=O)c2cncnc2N[C@@H]2C[C@H](CCc3ccc4cc(Br)c(N)nc4c3)[C@@H](O)[C@H]2O)n1. The van der Waals surface area contributed by atoms with Crippen LogP contribution >= 0.6 is 15.9 Å². The van der Waals surface area contributed by atoms with E-state index in [1.165, 1.54) is 12.5 Å². The van der Waals surface area contributed by atoms with Crippen LogP contribution in [0, 0.1) is 5.92 Å². The molecule has 0 saturated heterocycles. The first-order valence-corrected chi connectivity index (χ1v) is 12.4. The highest BCUT2D eigenvalue weighted by molar-refractivity contribution is 9.10. The van der Waals surface area contributed by atoms with Crippen molar-refractivity contribution in [1.29, 1.82) is 0 Å². The number of fused-ring (bicyclic) bond motifs is 1. The van der Waals surface area contributed by atoms with Crippen LogP contribution in [0.25, 0.3) is 10.9 Å². The smallest absolute Gasteiger partial charge is 0.218 e. The van der Waals surface area contributed by atoms with E-state index in [0.717, 1.165) is 20.9 Å². The normalized spacial score (nSPS) is 21.7. The van der Waals surface area contributed by atoms with Crippen molar-refractivity contribution in [3.05, 3.63) is 70.3 Å². The second kappa shape index (κ2) is 9.92. The lowest BCUT2D eigenvalue weighted by molar-refractivity contribution is 0.0158. The molecular weight excluding hydrogens is 526 g/mol. The lowest BCUT2D eigenvalue weighted by Gasteiger charge is -2.19. The van der Waals surface area contributed by atoms with Crippen LogP contribution in [0.4, 0.5) is 11.6 Å². The molecule has 0 spiro atoms. The molecule has 4 atom stereocenters. The first-order valence-electron chi connectivity index (χ1n) is 11.6. The fourth-order valence-corrected chi connectivity index (χ4v) is 5.06. The maximum atomic E-state index is 12.9. The molecule has 5 rings (SSSR count). The molecule has 0 unspecified atom stereocenters. The van der Waals surface area contributed by atoms with E-state index >= 15 is 0 Å². The number of nitrogens with zero attached hydrogens (tertiary/aromatic N) is 5. The van der Waals surface area contributed by atoms with E-state index in [4.69, 9.17) is 5.73 Å². The fraction of sp³-hybridized carbons (Fsp3) is 0.320. The molecule has 3 heterocycles. The predicted octanol–water partition coefficient (Wildman–Crippen LogP) is 2.49. The third-order valence-electron chi connectivity index (χ3n) is 6.69. The summed E-state index contributed by atoms with van der Waals surface area (Å²) in [6, 6.07) is 9.14. The number of carbonyl (C=O) groups excluding carboxylic acids is 1. The maximum absolute atomic E-state index is 12.9. The van der Waals surface area contributed by atoms with Crippen LogP contribution in [0.5, 0.6) is 0 Å². The molecule has 0 amide bonds. The van der Waals surface area contributed by atoms with Crippen molar-refractivity contribution >= 4 is 44.3 Å². The molecule has 36 heavy (non-hydrogen) atoms. The number of aromatic nitrogens is 5. The van der Waals surface area contributed by atoms with Gasteiger partial charge in [0.15, 0.2) is 0 Å². The maximum Gasteiger partial charge on any atom is 0.218 e. The molecule has 0 radical (unpaired) electrons. The van der Waals surface area contributed by atoms with E-state index < -0.39 is 18.2 Å². The molecule has 1 aliphatic rings. The number of aryl methyl sites for hydroxylation is 2. The molecule has 11 heteroatoms. The summed E-state index contributed by atoms with van der Waals surface area (Å²) in [5.74, 6) is 0.296. The second-order valence-corrected chi connectivity index (χ2v) is 9.99. The number of hydrogen-bond donors (Lipinski definition) is 4. The Hall–Kier alpha value is -3.41. The Morgan fingerprint density at radius 2 is 2.08 bits per heavy atom. The van der Waals surface area contributed by atoms with Gasteiger partial charge in [-0.1, -0.05) is 12.1 Å². The number of halogens is 1. The Bertz CT molecular complexity index is 1430. The summed E-state index contributed by atoms with van der Waals surface area (Å²) in [6.07, 6.45) is 4.47. The van der Waals surface area contributed by atoms with Gasteiger partial charge in [0.25, 0.3) is 0 Å². The Labute approximate surface area is 215 Å². The number of aliphatic hydroxyl groups excluding tert-OH is 2. The summed E-state index contributed by atoms with van der Waals surface area (Å²) in [6.45, 7) is 0. The molecule has 3 aromatic heterocycles. The van der Waals surface area contributed by atoms with E-state index in [2.05, 4.69) is 41.3 Å². The average molecular weight is 552 g/mol. The number of anilines is 2. The number of ketones is 1. The van der Waals surface area contributed by atoms with Gasteiger partial charge in [-0.15, -0.1) is 0 Å². The topological polar surface area (TPSA) is 152 Å². The van der Waals surface area contributed by atoms with Crippen molar-refractivity contribution in [1.82, 2.24) is 24.7 Å². The van der Waals surface area contributed by atoms with Crippen molar-refractivity contribution in [2.24, 2.45) is 13.0 Å². The van der Waals surface area contributed by atoms with Gasteiger partial charge in [0, 0.05) is 24.8 Å². The number of nitrogens with one attached hydrogen (secondary N) is 1. The zero-order chi connectivity index (χ0) is 25.4. The van der Waals surface area contributed by atoms with Gasteiger partial charge in [0.1, 0.15) is 29.8 Å². The highest BCUT2D eigenvalue weighted by atomic mass is 79.9. The van der Waals surface area contributed by atoms with Crippen molar-refractivity contribution in [3.8, 4) is 0 Å². The van der Waals surface area contributed by atoms with Crippen LogP contribution in [0.15, 0.2) is 53.5 Å². The number of carbonyl (C=O) groups is 1. The minimum absolute atomic E-state index is 0.132. The fourth-order valence-electron chi connectivity index (χ4n) is 4.72. The van der Waals surface area contributed by atoms with Crippen LogP contribution < -0.4 is 11.1 Å². The molecular formula is C25H26BrN7O3. The van der Waals surface area contributed by atoms with Gasteiger partial charge in [0.2, 0.25) is 5.78 Å². The quantitative estimate of drug-likeness (QED) is 0.254. The van der Waals surface area contributed by atoms with Gasteiger partial charge >= 0.3 is 0 Å². The summed E-state index contributed by atoms with van der Waals surface area (Å²) < 4.78 is 2.31. The molecule has 5 N–H and O–H groups in total. The van der Waals surface area contributed by atoms with Gasteiger partial charge in [-0.3, -0.25) is 9.48 Å². The number of benzene rings is 1. The molecule has 10 nitrogen and oxygen atoms in total. The van der Waals surface area contributed by atoms with Gasteiger partial charge in [-0.05, 0) is 64.9 Å². The largest absolute Gasteiger partial charge is 0.390 e. The number of hydrogen-bond acceptors (Lipinski definition) is 9. The van der Waals surface area contributed by atoms with E-state index in [-0.39, 0.29) is 23.0 Å². The molecule has 1 saturated carbocycles. The first kappa shape index (κ1) is 24.3. The van der Waals surface area contributed by atoms with E-state index in [0.29, 0.717) is 30.9 Å². The summed E-state index contributed by atoms with van der Waals surface area (Å²) in [7, 11) is 1.73. The van der Waals surface area contributed by atoms with Crippen LogP contribution in [0.2, 0.25) is 0 Å². The van der Waals surface area contributed by atoms with E-state index in [1.54, 1.807) is 24.0 Å². The zero-order valence-corrected chi connectivity index (χ0v) is 21.1.